The Labute approximate surface area is 162 Å². The quantitative estimate of drug-likeness (QED) is 0.461. The van der Waals surface area contributed by atoms with E-state index in [-0.39, 0.29) is 23.3 Å². The molecule has 27 heavy (non-hydrogen) atoms. The second-order valence-electron chi connectivity index (χ2n) is 5.92. The fraction of sp³-hybridized carbons (Fsp3) is 0.235. The second-order valence-corrected chi connectivity index (χ2v) is 8.12. The third-order valence-corrected chi connectivity index (χ3v) is 5.72. The molecule has 1 fully saturated rings. The average Bonchev–Trinajstić information content (AvgIpc) is 3.23. The van der Waals surface area contributed by atoms with Crippen LogP contribution in [0, 0.1) is 0 Å². The molecular weight excluding hydrogens is 386 g/mol. The van der Waals surface area contributed by atoms with E-state index in [1.54, 1.807) is 6.07 Å². The lowest BCUT2D eigenvalue weighted by atomic mass is 10.3. The van der Waals surface area contributed by atoms with Crippen LogP contribution in [0.3, 0.4) is 0 Å². The van der Waals surface area contributed by atoms with Crippen molar-refractivity contribution in [1.29, 1.82) is 0 Å². The summed E-state index contributed by atoms with van der Waals surface area (Å²) >= 11 is 2.46. The fourth-order valence-electron chi connectivity index (χ4n) is 2.28. The van der Waals surface area contributed by atoms with Crippen molar-refractivity contribution < 1.29 is 14.1 Å². The number of aromatic nitrogens is 3. The molecule has 8 nitrogen and oxygen atoms in total. The fourth-order valence-corrected chi connectivity index (χ4v) is 3.83. The maximum atomic E-state index is 12.2. The number of nitrogens with one attached hydrogen (secondary N) is 2. The van der Waals surface area contributed by atoms with Gasteiger partial charge in [-0.25, -0.2) is 0 Å². The van der Waals surface area contributed by atoms with E-state index in [2.05, 4.69) is 26.0 Å². The molecular formula is C17H15N5O3S2. The first-order valence-corrected chi connectivity index (χ1v) is 10.1. The van der Waals surface area contributed by atoms with Crippen LogP contribution >= 0.6 is 23.1 Å². The lowest BCUT2D eigenvalue weighted by Crippen LogP contribution is -2.13. The first-order chi connectivity index (χ1) is 13.2. The van der Waals surface area contributed by atoms with Crippen molar-refractivity contribution in [3.8, 4) is 0 Å². The van der Waals surface area contributed by atoms with Crippen molar-refractivity contribution in [3.05, 3.63) is 47.9 Å². The smallest absolute Gasteiger partial charge is 0.279 e. The first-order valence-electron chi connectivity index (χ1n) is 8.26. The number of hydrogen-bond donors (Lipinski definition) is 2. The summed E-state index contributed by atoms with van der Waals surface area (Å²) in [6, 6.07) is 10.9. The average molecular weight is 401 g/mol. The zero-order valence-corrected chi connectivity index (χ0v) is 15.7. The highest BCUT2D eigenvalue weighted by atomic mass is 32.2. The van der Waals surface area contributed by atoms with Gasteiger partial charge in [0.2, 0.25) is 11.0 Å². The molecule has 138 valence electrons. The summed E-state index contributed by atoms with van der Waals surface area (Å²) in [5, 5.41) is 17.5. The molecule has 0 atom stereocenters. The van der Waals surface area contributed by atoms with Gasteiger partial charge in [-0.3, -0.25) is 14.9 Å². The van der Waals surface area contributed by atoms with Crippen LogP contribution in [0.15, 0.2) is 45.3 Å². The zero-order valence-electron chi connectivity index (χ0n) is 14.0. The van der Waals surface area contributed by atoms with Gasteiger partial charge in [-0.05, 0) is 25.0 Å². The number of thioether (sulfide) groups is 1. The highest BCUT2D eigenvalue weighted by molar-refractivity contribution is 8.01. The maximum Gasteiger partial charge on any atom is 0.279 e. The maximum absolute atomic E-state index is 12.2. The Morgan fingerprint density at radius 1 is 1.19 bits per heavy atom. The van der Waals surface area contributed by atoms with Crippen LogP contribution in [0.25, 0.3) is 0 Å². The van der Waals surface area contributed by atoms with Gasteiger partial charge in [0.25, 0.3) is 5.91 Å². The lowest BCUT2D eigenvalue weighted by Gasteiger charge is -2.02. The number of rotatable bonds is 7. The van der Waals surface area contributed by atoms with Crippen molar-refractivity contribution in [2.75, 3.05) is 16.4 Å². The molecule has 1 aliphatic carbocycles. The Hall–Kier alpha value is -2.72. The normalized spacial score (nSPS) is 13.3. The minimum absolute atomic E-state index is 0.137. The Balaban J connectivity index is 1.27. The highest BCUT2D eigenvalue weighted by Gasteiger charge is 2.29. The molecule has 2 amide bonds. The van der Waals surface area contributed by atoms with Crippen LogP contribution < -0.4 is 10.6 Å². The first kappa shape index (κ1) is 17.7. The second kappa shape index (κ2) is 7.89. The van der Waals surface area contributed by atoms with E-state index in [1.165, 1.54) is 23.1 Å². The van der Waals surface area contributed by atoms with E-state index in [0.717, 1.165) is 24.3 Å². The van der Waals surface area contributed by atoms with Crippen LogP contribution in [-0.4, -0.2) is 32.9 Å². The number of amides is 2. The van der Waals surface area contributed by atoms with Gasteiger partial charge in [-0.2, -0.15) is 0 Å². The molecule has 1 aliphatic rings. The lowest BCUT2D eigenvalue weighted by molar-refractivity contribution is -0.113. The van der Waals surface area contributed by atoms with Crippen molar-refractivity contribution in [3.63, 3.8) is 0 Å². The Kier molecular flexibility index (Phi) is 5.16. The molecule has 1 aromatic carbocycles. The van der Waals surface area contributed by atoms with Crippen molar-refractivity contribution in [2.45, 2.75) is 23.1 Å². The molecule has 0 spiro atoms. The summed E-state index contributed by atoms with van der Waals surface area (Å²) in [5.74, 6) is 0.817. The SMILES string of the molecule is O=C(CSc1nnc(NC(=O)c2cc(C3CC3)on2)s1)Nc1ccccc1. The van der Waals surface area contributed by atoms with Gasteiger partial charge < -0.3 is 9.84 Å². The minimum Gasteiger partial charge on any atom is -0.360 e. The van der Waals surface area contributed by atoms with Gasteiger partial charge >= 0.3 is 0 Å². The van der Waals surface area contributed by atoms with Crippen molar-refractivity contribution in [1.82, 2.24) is 15.4 Å². The number of nitrogens with zero attached hydrogens (tertiary/aromatic N) is 3. The molecule has 2 N–H and O–H groups in total. The minimum atomic E-state index is -0.389. The number of benzene rings is 1. The molecule has 2 heterocycles. The van der Waals surface area contributed by atoms with Crippen LogP contribution in [0.2, 0.25) is 0 Å². The molecule has 3 aromatic rings. The third kappa shape index (κ3) is 4.72. The predicted molar refractivity (Wildman–Crippen MR) is 102 cm³/mol. The van der Waals surface area contributed by atoms with Crippen LogP contribution in [0.4, 0.5) is 10.8 Å². The molecule has 0 saturated heterocycles. The van der Waals surface area contributed by atoms with Gasteiger partial charge in [0.05, 0.1) is 5.75 Å². The predicted octanol–water partition coefficient (Wildman–Crippen LogP) is 3.39. The van der Waals surface area contributed by atoms with Gasteiger partial charge in [-0.15, -0.1) is 10.2 Å². The Bertz CT molecular complexity index is 952. The Morgan fingerprint density at radius 2 is 2.00 bits per heavy atom. The van der Waals surface area contributed by atoms with E-state index in [9.17, 15) is 9.59 Å². The van der Waals surface area contributed by atoms with E-state index in [4.69, 9.17) is 4.52 Å². The third-order valence-electron chi connectivity index (χ3n) is 3.75. The largest absolute Gasteiger partial charge is 0.360 e. The standard InChI is InChI=1S/C17H15N5O3S2/c23-14(18-11-4-2-1-3-5-11)9-26-17-21-20-16(27-17)19-15(24)12-8-13(25-22-12)10-6-7-10/h1-5,8,10H,6-7,9H2,(H,18,23)(H,19,20,24). The molecule has 0 bridgehead atoms. The van der Waals surface area contributed by atoms with Crippen molar-refractivity contribution >= 4 is 45.7 Å². The van der Waals surface area contributed by atoms with Crippen molar-refractivity contribution in [2.24, 2.45) is 0 Å². The molecule has 1 saturated carbocycles. The molecule has 4 rings (SSSR count). The molecule has 0 aliphatic heterocycles. The summed E-state index contributed by atoms with van der Waals surface area (Å²) in [7, 11) is 0. The highest BCUT2D eigenvalue weighted by Crippen LogP contribution is 2.40. The number of para-hydroxylation sites is 1. The van der Waals surface area contributed by atoms with E-state index < -0.39 is 0 Å². The number of carbonyl (C=O) groups excluding carboxylic acids is 2. The zero-order chi connectivity index (χ0) is 18.6. The summed E-state index contributed by atoms with van der Waals surface area (Å²) in [6.07, 6.45) is 2.15. The summed E-state index contributed by atoms with van der Waals surface area (Å²) in [5.41, 5.74) is 0.968. The van der Waals surface area contributed by atoms with E-state index in [0.29, 0.717) is 15.4 Å². The van der Waals surface area contributed by atoms with Crippen LogP contribution in [-0.2, 0) is 4.79 Å². The van der Waals surface area contributed by atoms with E-state index >= 15 is 0 Å². The number of anilines is 2. The molecule has 2 aromatic heterocycles. The summed E-state index contributed by atoms with van der Waals surface area (Å²) in [6.45, 7) is 0. The summed E-state index contributed by atoms with van der Waals surface area (Å²) < 4.78 is 5.76. The van der Waals surface area contributed by atoms with Gasteiger partial charge in [-0.1, -0.05) is 46.5 Å². The molecule has 0 radical (unpaired) electrons. The monoisotopic (exact) mass is 401 g/mol. The Morgan fingerprint density at radius 3 is 2.78 bits per heavy atom. The van der Waals surface area contributed by atoms with Gasteiger partial charge in [0, 0.05) is 17.7 Å². The number of hydrogen-bond acceptors (Lipinski definition) is 8. The summed E-state index contributed by atoms with van der Waals surface area (Å²) in [4.78, 5) is 24.1. The van der Waals surface area contributed by atoms with Gasteiger partial charge in [0.15, 0.2) is 10.0 Å². The molecule has 10 heteroatoms. The van der Waals surface area contributed by atoms with Crippen LogP contribution in [0.5, 0.6) is 0 Å². The van der Waals surface area contributed by atoms with E-state index in [1.807, 2.05) is 30.3 Å². The van der Waals surface area contributed by atoms with Crippen LogP contribution in [0.1, 0.15) is 35.0 Å². The number of carbonyl (C=O) groups is 2. The topological polar surface area (TPSA) is 110 Å². The van der Waals surface area contributed by atoms with Gasteiger partial charge in [0.1, 0.15) is 5.76 Å². The molecule has 0 unspecified atom stereocenters.